The van der Waals surface area contributed by atoms with Crippen LogP contribution in [-0.2, 0) is 9.53 Å². The van der Waals surface area contributed by atoms with E-state index >= 15 is 0 Å². The van der Waals surface area contributed by atoms with Crippen LogP contribution in [0.4, 0.5) is 5.69 Å². The monoisotopic (exact) mass is 411 g/mol. The van der Waals surface area contributed by atoms with Gasteiger partial charge in [-0.25, -0.2) is 4.79 Å². The number of benzene rings is 1. The Kier molecular flexibility index (Phi) is 8.40. The molecule has 0 fully saturated rings. The second-order valence-corrected chi connectivity index (χ2v) is 9.11. The van der Waals surface area contributed by atoms with Gasteiger partial charge in [0.2, 0.25) is 5.91 Å². The molecule has 1 aromatic carbocycles. The Morgan fingerprint density at radius 1 is 1.19 bits per heavy atom. The minimum absolute atomic E-state index is 0.195. The Labute approximate surface area is 165 Å². The predicted molar refractivity (Wildman–Crippen MR) is 107 cm³/mol. The number of hydrogen-bond acceptors (Lipinski definition) is 8. The number of aromatic nitrogens is 2. The number of esters is 1. The van der Waals surface area contributed by atoms with Gasteiger partial charge in [-0.05, 0) is 25.0 Å². The van der Waals surface area contributed by atoms with Crippen LogP contribution in [0.2, 0.25) is 0 Å². The van der Waals surface area contributed by atoms with Gasteiger partial charge < -0.3 is 10.1 Å². The molecule has 6 nitrogen and oxygen atoms in total. The van der Waals surface area contributed by atoms with Crippen molar-refractivity contribution in [3.05, 3.63) is 29.8 Å². The second kappa shape index (κ2) is 10.5. The van der Waals surface area contributed by atoms with E-state index in [-0.39, 0.29) is 18.3 Å². The summed E-state index contributed by atoms with van der Waals surface area (Å²) in [5.74, 6) is 1.11. The lowest BCUT2D eigenvalue weighted by atomic mass is 10.2. The highest BCUT2D eigenvalue weighted by Crippen LogP contribution is 2.29. The van der Waals surface area contributed by atoms with Crippen LogP contribution in [0.3, 0.4) is 0 Å². The van der Waals surface area contributed by atoms with Crippen molar-refractivity contribution < 1.29 is 14.3 Å². The average molecular weight is 412 g/mol. The zero-order valence-electron chi connectivity index (χ0n) is 14.9. The summed E-state index contributed by atoms with van der Waals surface area (Å²) in [6, 6.07) is 6.80. The van der Waals surface area contributed by atoms with Gasteiger partial charge in [-0.2, -0.15) is 0 Å². The summed E-state index contributed by atoms with van der Waals surface area (Å²) in [5.41, 5.74) is 0.790. The highest BCUT2D eigenvalue weighted by molar-refractivity contribution is 8.03. The molecule has 1 amide bonds. The molecule has 26 heavy (non-hydrogen) atoms. The van der Waals surface area contributed by atoms with E-state index in [1.165, 1.54) is 23.1 Å². The molecule has 0 radical (unpaired) electrons. The van der Waals surface area contributed by atoms with E-state index in [9.17, 15) is 9.59 Å². The van der Waals surface area contributed by atoms with Gasteiger partial charge in [-0.1, -0.05) is 60.8 Å². The Morgan fingerprint density at radius 2 is 1.88 bits per heavy atom. The van der Waals surface area contributed by atoms with Gasteiger partial charge >= 0.3 is 5.97 Å². The number of thioether (sulfide) groups is 2. The molecule has 0 bridgehead atoms. The average Bonchev–Trinajstić information content (AvgIpc) is 3.07. The van der Waals surface area contributed by atoms with Crippen molar-refractivity contribution in [2.75, 3.05) is 23.4 Å². The number of anilines is 1. The van der Waals surface area contributed by atoms with Crippen molar-refractivity contribution >= 4 is 52.4 Å². The molecule has 0 spiro atoms. The Hall–Kier alpha value is -1.58. The van der Waals surface area contributed by atoms with E-state index in [0.29, 0.717) is 17.2 Å². The van der Waals surface area contributed by atoms with Crippen LogP contribution in [0.15, 0.2) is 32.9 Å². The lowest BCUT2D eigenvalue weighted by Crippen LogP contribution is -2.17. The van der Waals surface area contributed by atoms with Crippen LogP contribution in [0.25, 0.3) is 0 Å². The zero-order valence-corrected chi connectivity index (χ0v) is 17.3. The number of carbonyl (C=O) groups excluding carboxylic acids is 2. The second-order valence-electron chi connectivity index (χ2n) is 5.64. The van der Waals surface area contributed by atoms with Gasteiger partial charge in [-0.3, -0.25) is 4.79 Å². The Bertz CT molecular complexity index is 750. The number of nitrogens with zero attached hydrogens (tertiary/aromatic N) is 2. The van der Waals surface area contributed by atoms with Crippen LogP contribution < -0.4 is 5.32 Å². The number of amides is 1. The lowest BCUT2D eigenvalue weighted by molar-refractivity contribution is -0.113. The molecule has 1 aromatic heterocycles. The molecule has 0 aliphatic carbocycles. The normalized spacial score (nSPS) is 10.8. The maximum Gasteiger partial charge on any atom is 0.340 e. The van der Waals surface area contributed by atoms with E-state index < -0.39 is 5.97 Å². The molecule has 0 saturated carbocycles. The van der Waals surface area contributed by atoms with Crippen LogP contribution in [0, 0.1) is 5.92 Å². The van der Waals surface area contributed by atoms with E-state index in [2.05, 4.69) is 29.4 Å². The summed E-state index contributed by atoms with van der Waals surface area (Å²) in [6.07, 6.45) is 0. The molecule has 2 rings (SSSR count). The van der Waals surface area contributed by atoms with Crippen LogP contribution in [-0.4, -0.2) is 40.2 Å². The summed E-state index contributed by atoms with van der Waals surface area (Å²) in [7, 11) is 0. The smallest absolute Gasteiger partial charge is 0.340 e. The van der Waals surface area contributed by atoms with Crippen molar-refractivity contribution in [3.63, 3.8) is 0 Å². The number of rotatable bonds is 9. The number of hydrogen-bond donors (Lipinski definition) is 1. The summed E-state index contributed by atoms with van der Waals surface area (Å²) in [5, 5.41) is 11.0. The van der Waals surface area contributed by atoms with Crippen LogP contribution in [0.5, 0.6) is 0 Å². The van der Waals surface area contributed by atoms with E-state index in [1.54, 1.807) is 43.0 Å². The van der Waals surface area contributed by atoms with Gasteiger partial charge in [-0.15, -0.1) is 10.2 Å². The van der Waals surface area contributed by atoms with Crippen molar-refractivity contribution in [2.45, 2.75) is 29.5 Å². The van der Waals surface area contributed by atoms with Gasteiger partial charge in [0, 0.05) is 5.75 Å². The molecule has 0 atom stereocenters. The van der Waals surface area contributed by atoms with Gasteiger partial charge in [0.05, 0.1) is 23.6 Å². The predicted octanol–water partition coefficient (Wildman–Crippen LogP) is 4.19. The molecule has 9 heteroatoms. The number of ether oxygens (including phenoxy) is 1. The summed E-state index contributed by atoms with van der Waals surface area (Å²) in [6.45, 7) is 6.33. The fourth-order valence-electron chi connectivity index (χ4n) is 1.84. The first-order valence-electron chi connectivity index (χ1n) is 8.14. The summed E-state index contributed by atoms with van der Waals surface area (Å²) in [4.78, 5) is 24.1. The fourth-order valence-corrected chi connectivity index (χ4v) is 4.64. The van der Waals surface area contributed by atoms with Gasteiger partial charge in [0.15, 0.2) is 8.68 Å². The zero-order chi connectivity index (χ0) is 18.9. The minimum Gasteiger partial charge on any atom is -0.462 e. The molecule has 1 heterocycles. The first kappa shape index (κ1) is 20.7. The highest BCUT2D eigenvalue weighted by atomic mass is 32.2. The Morgan fingerprint density at radius 3 is 2.58 bits per heavy atom. The molecular formula is C17H21N3O3S3. The van der Waals surface area contributed by atoms with Gasteiger partial charge in [0.1, 0.15) is 0 Å². The van der Waals surface area contributed by atoms with E-state index in [1.807, 2.05) is 0 Å². The molecule has 2 aromatic rings. The third kappa shape index (κ3) is 6.62. The number of para-hydroxylation sites is 1. The number of carbonyl (C=O) groups is 2. The third-order valence-corrected chi connectivity index (χ3v) is 6.57. The van der Waals surface area contributed by atoms with Gasteiger partial charge in [0.25, 0.3) is 0 Å². The van der Waals surface area contributed by atoms with E-state index in [4.69, 9.17) is 4.74 Å². The molecule has 0 saturated heterocycles. The maximum atomic E-state index is 12.2. The van der Waals surface area contributed by atoms with Crippen LogP contribution in [0.1, 0.15) is 31.1 Å². The summed E-state index contributed by atoms with van der Waals surface area (Å²) >= 11 is 4.49. The molecule has 0 aliphatic rings. The van der Waals surface area contributed by atoms with Crippen molar-refractivity contribution in [3.8, 4) is 0 Å². The largest absolute Gasteiger partial charge is 0.462 e. The quantitative estimate of drug-likeness (QED) is 0.489. The topological polar surface area (TPSA) is 81.2 Å². The van der Waals surface area contributed by atoms with Crippen molar-refractivity contribution in [1.29, 1.82) is 0 Å². The van der Waals surface area contributed by atoms with Crippen molar-refractivity contribution in [2.24, 2.45) is 5.92 Å². The standard InChI is InChI=1S/C17H21N3O3S3/c1-4-23-15(22)12-7-5-6-8-13(12)18-14(21)10-25-17-20-19-16(26-17)24-9-11(2)3/h5-8,11H,4,9-10H2,1-3H3,(H,18,21). The van der Waals surface area contributed by atoms with Crippen molar-refractivity contribution in [1.82, 2.24) is 10.2 Å². The maximum absolute atomic E-state index is 12.2. The molecular weight excluding hydrogens is 390 g/mol. The fraction of sp³-hybridized carbons (Fsp3) is 0.412. The lowest BCUT2D eigenvalue weighted by Gasteiger charge is -2.09. The SMILES string of the molecule is CCOC(=O)c1ccccc1NC(=O)CSc1nnc(SCC(C)C)s1. The minimum atomic E-state index is -0.452. The Balaban J connectivity index is 1.89. The third-order valence-electron chi connectivity index (χ3n) is 2.95. The molecule has 0 unspecified atom stereocenters. The van der Waals surface area contributed by atoms with E-state index in [0.717, 1.165) is 14.4 Å². The number of nitrogens with one attached hydrogen (secondary N) is 1. The molecule has 0 aliphatic heterocycles. The van der Waals surface area contributed by atoms with Crippen LogP contribution >= 0.6 is 34.9 Å². The molecule has 1 N–H and O–H groups in total. The highest BCUT2D eigenvalue weighted by Gasteiger charge is 2.15. The first-order valence-corrected chi connectivity index (χ1v) is 10.9. The first-order chi connectivity index (χ1) is 12.5. The summed E-state index contributed by atoms with van der Waals surface area (Å²) < 4.78 is 6.67. The molecule has 140 valence electrons.